The van der Waals surface area contributed by atoms with Crippen LogP contribution in [-0.2, 0) is 21.7 Å². The van der Waals surface area contributed by atoms with Gasteiger partial charge in [0.05, 0.1) is 22.1 Å². The first-order chi connectivity index (χ1) is 28.7. The third-order valence-electron chi connectivity index (χ3n) is 12.2. The van der Waals surface area contributed by atoms with Gasteiger partial charge in [-0.15, -0.1) is 0 Å². The highest BCUT2D eigenvalue weighted by molar-refractivity contribution is 6.36. The zero-order chi connectivity index (χ0) is 43.9. The Labute approximate surface area is 371 Å². The van der Waals surface area contributed by atoms with Crippen LogP contribution in [0.15, 0.2) is 164 Å². The van der Waals surface area contributed by atoms with E-state index in [1.807, 2.05) is 0 Å². The third-order valence-corrected chi connectivity index (χ3v) is 12.6. The number of aryl methyl sites for hydroxylation is 1. The summed E-state index contributed by atoms with van der Waals surface area (Å²) in [7, 11) is 0. The highest BCUT2D eigenvalue weighted by Gasteiger charge is 2.29. The Morgan fingerprint density at radius 2 is 0.738 bits per heavy atom. The summed E-state index contributed by atoms with van der Waals surface area (Å²) in [4.78, 5) is 4.69. The predicted octanol–water partition coefficient (Wildman–Crippen LogP) is 17.5. The van der Waals surface area contributed by atoms with Gasteiger partial charge in [0.15, 0.2) is 0 Å². The van der Waals surface area contributed by atoms with Crippen molar-refractivity contribution in [3.63, 3.8) is 0 Å². The summed E-state index contributed by atoms with van der Waals surface area (Å²) >= 11 is 7.98. The number of benzene rings is 7. The van der Waals surface area contributed by atoms with Gasteiger partial charge in [-0.3, -0.25) is 0 Å². The average molecular weight is 824 g/mol. The molecule has 0 aliphatic rings. The van der Waals surface area contributed by atoms with Crippen LogP contribution in [0.1, 0.15) is 110 Å². The van der Waals surface area contributed by atoms with Crippen LogP contribution in [0.25, 0.3) is 11.1 Å². The average Bonchev–Trinajstić information content (AvgIpc) is 3.23. The molecule has 0 aliphatic heterocycles. The number of halogens is 1. The van der Waals surface area contributed by atoms with Crippen molar-refractivity contribution in [1.82, 2.24) is 0 Å². The van der Waals surface area contributed by atoms with Gasteiger partial charge in [0, 0.05) is 28.0 Å². The standard InChI is InChI=1S/C58H63ClN2/c1-40-37-52(60(47-30-23-42(24-31-47)55(2,3)4)48-32-25-43(26-33-48)56(5,6)7)54(59)53(38-40)61(49-34-27-44(28-35-49)57(8,9)10)51-36-29-46(39-50(51)41-19-15-13-16-20-41)58(11,12)45-21-17-14-18-22-45/h13-39H,1-12H3. The molecule has 0 bridgehead atoms. The molecule has 7 rings (SSSR count). The lowest BCUT2D eigenvalue weighted by Crippen LogP contribution is -2.20. The van der Waals surface area contributed by atoms with E-state index in [4.69, 9.17) is 11.6 Å². The second-order valence-electron chi connectivity index (χ2n) is 20.3. The Balaban J connectivity index is 1.50. The summed E-state index contributed by atoms with van der Waals surface area (Å²) in [6, 6.07) is 60.0. The summed E-state index contributed by atoms with van der Waals surface area (Å²) in [6.07, 6.45) is 0. The first-order valence-electron chi connectivity index (χ1n) is 21.7. The molecule has 0 saturated heterocycles. The molecule has 312 valence electrons. The second kappa shape index (κ2) is 16.7. The van der Waals surface area contributed by atoms with Crippen LogP contribution in [0.4, 0.5) is 34.1 Å². The highest BCUT2D eigenvalue weighted by atomic mass is 35.5. The number of hydrogen-bond donors (Lipinski definition) is 0. The molecule has 0 heterocycles. The SMILES string of the molecule is Cc1cc(N(c2ccc(C(C)(C)C)cc2)c2ccc(C(C)(C)C)cc2)c(Cl)c(N(c2ccc(C(C)(C)C)cc2)c2ccc(C(C)(C)c3ccccc3)cc2-c2ccccc2)c1. The van der Waals surface area contributed by atoms with Gasteiger partial charge < -0.3 is 9.80 Å². The van der Waals surface area contributed by atoms with E-state index in [2.05, 4.69) is 257 Å². The van der Waals surface area contributed by atoms with Crippen molar-refractivity contribution in [2.75, 3.05) is 9.80 Å². The zero-order valence-electron chi connectivity index (χ0n) is 38.4. The van der Waals surface area contributed by atoms with Crippen molar-refractivity contribution < 1.29 is 0 Å². The molecule has 0 fully saturated rings. The minimum Gasteiger partial charge on any atom is -0.309 e. The lowest BCUT2D eigenvalue weighted by molar-refractivity contribution is 0.590. The molecule has 0 spiro atoms. The molecular weight excluding hydrogens is 760 g/mol. The van der Waals surface area contributed by atoms with Crippen LogP contribution >= 0.6 is 11.6 Å². The topological polar surface area (TPSA) is 6.48 Å². The molecule has 0 unspecified atom stereocenters. The first kappa shape index (κ1) is 43.5. The summed E-state index contributed by atoms with van der Waals surface area (Å²) in [5.41, 5.74) is 15.6. The largest absolute Gasteiger partial charge is 0.309 e. The third kappa shape index (κ3) is 9.21. The maximum absolute atomic E-state index is 7.98. The van der Waals surface area contributed by atoms with Gasteiger partial charge in [-0.2, -0.15) is 0 Å². The quantitative estimate of drug-likeness (QED) is 0.143. The Bertz CT molecular complexity index is 2530. The lowest BCUT2D eigenvalue weighted by atomic mass is 9.77. The van der Waals surface area contributed by atoms with Crippen LogP contribution in [-0.4, -0.2) is 0 Å². The molecule has 0 atom stereocenters. The Kier molecular flexibility index (Phi) is 11.9. The van der Waals surface area contributed by atoms with Crippen molar-refractivity contribution >= 4 is 45.7 Å². The summed E-state index contributed by atoms with van der Waals surface area (Å²) in [6.45, 7) is 27.2. The summed E-state index contributed by atoms with van der Waals surface area (Å²) in [5.74, 6) is 0. The van der Waals surface area contributed by atoms with Gasteiger partial charge in [-0.25, -0.2) is 0 Å². The molecular formula is C58H63ClN2. The van der Waals surface area contributed by atoms with Gasteiger partial charge in [0.25, 0.3) is 0 Å². The number of rotatable bonds is 9. The molecule has 0 saturated carbocycles. The van der Waals surface area contributed by atoms with Gasteiger partial charge in [-0.05, 0) is 123 Å². The Morgan fingerprint density at radius 3 is 1.16 bits per heavy atom. The molecule has 0 radical (unpaired) electrons. The Morgan fingerprint density at radius 1 is 0.361 bits per heavy atom. The van der Waals surface area contributed by atoms with E-state index in [-0.39, 0.29) is 21.7 Å². The number of anilines is 6. The second-order valence-corrected chi connectivity index (χ2v) is 20.6. The van der Waals surface area contributed by atoms with Crippen molar-refractivity contribution in [3.05, 3.63) is 202 Å². The van der Waals surface area contributed by atoms with E-state index >= 15 is 0 Å². The monoisotopic (exact) mass is 822 g/mol. The van der Waals surface area contributed by atoms with Gasteiger partial charge in [-0.1, -0.05) is 191 Å². The summed E-state index contributed by atoms with van der Waals surface area (Å²) in [5, 5.41) is 0.665. The molecule has 3 heteroatoms. The normalized spacial score (nSPS) is 12.3. The molecule has 0 aliphatic carbocycles. The Hall–Kier alpha value is -5.57. The summed E-state index contributed by atoms with van der Waals surface area (Å²) < 4.78 is 0. The molecule has 0 amide bonds. The predicted molar refractivity (Wildman–Crippen MR) is 266 cm³/mol. The minimum atomic E-state index is -0.234. The van der Waals surface area contributed by atoms with Crippen molar-refractivity contribution in [2.24, 2.45) is 0 Å². The maximum Gasteiger partial charge on any atom is 0.0887 e. The fourth-order valence-corrected chi connectivity index (χ4v) is 8.49. The van der Waals surface area contributed by atoms with Crippen LogP contribution < -0.4 is 9.80 Å². The molecule has 0 aromatic heterocycles. The maximum atomic E-state index is 7.98. The number of nitrogens with zero attached hydrogens (tertiary/aromatic N) is 2. The lowest BCUT2D eigenvalue weighted by Gasteiger charge is -2.34. The fourth-order valence-electron chi connectivity index (χ4n) is 8.21. The van der Waals surface area contributed by atoms with E-state index < -0.39 is 0 Å². The molecule has 0 N–H and O–H groups in total. The van der Waals surface area contributed by atoms with Crippen molar-refractivity contribution in [3.8, 4) is 11.1 Å². The molecule has 61 heavy (non-hydrogen) atoms. The van der Waals surface area contributed by atoms with Crippen LogP contribution in [0.2, 0.25) is 5.02 Å². The van der Waals surface area contributed by atoms with Crippen LogP contribution in [0.5, 0.6) is 0 Å². The van der Waals surface area contributed by atoms with Gasteiger partial charge in [0.2, 0.25) is 0 Å². The molecule has 7 aromatic carbocycles. The van der Waals surface area contributed by atoms with Crippen molar-refractivity contribution in [1.29, 1.82) is 0 Å². The molecule has 2 nitrogen and oxygen atoms in total. The first-order valence-corrected chi connectivity index (χ1v) is 22.1. The fraction of sp³-hybridized carbons (Fsp3) is 0.276. The smallest absolute Gasteiger partial charge is 0.0887 e. The zero-order valence-corrected chi connectivity index (χ0v) is 39.1. The van der Waals surface area contributed by atoms with E-state index in [1.54, 1.807) is 0 Å². The minimum absolute atomic E-state index is 0.00293. The van der Waals surface area contributed by atoms with Crippen LogP contribution in [0, 0.1) is 6.92 Å². The van der Waals surface area contributed by atoms with Gasteiger partial charge in [0.1, 0.15) is 0 Å². The van der Waals surface area contributed by atoms with Gasteiger partial charge >= 0.3 is 0 Å². The van der Waals surface area contributed by atoms with E-state index in [9.17, 15) is 0 Å². The number of hydrogen-bond acceptors (Lipinski definition) is 2. The van der Waals surface area contributed by atoms with E-state index in [0.29, 0.717) is 5.02 Å². The van der Waals surface area contributed by atoms with Crippen LogP contribution in [0.3, 0.4) is 0 Å². The van der Waals surface area contributed by atoms with E-state index in [0.717, 1.165) is 50.8 Å². The van der Waals surface area contributed by atoms with E-state index in [1.165, 1.54) is 27.8 Å². The van der Waals surface area contributed by atoms with Crippen molar-refractivity contribution in [2.45, 2.75) is 105 Å². The molecule has 7 aromatic rings. The highest BCUT2D eigenvalue weighted by Crippen LogP contribution is 2.50.